The Labute approximate surface area is 131 Å². The highest BCUT2D eigenvalue weighted by atomic mass is 35.5. The van der Waals surface area contributed by atoms with Crippen LogP contribution in [0.2, 0.25) is 5.02 Å². The highest BCUT2D eigenvalue weighted by molar-refractivity contribution is 6.31. The van der Waals surface area contributed by atoms with Gasteiger partial charge in [-0.05, 0) is 25.0 Å². The van der Waals surface area contributed by atoms with E-state index in [0.717, 1.165) is 24.2 Å². The summed E-state index contributed by atoms with van der Waals surface area (Å²) in [5.74, 6) is 0.756. The summed E-state index contributed by atoms with van der Waals surface area (Å²) in [5, 5.41) is 13.8. The number of halogens is 1. The summed E-state index contributed by atoms with van der Waals surface area (Å²) >= 11 is 6.16. The van der Waals surface area contributed by atoms with Gasteiger partial charge in [0.15, 0.2) is 0 Å². The lowest BCUT2D eigenvalue weighted by Crippen LogP contribution is -2.31. The van der Waals surface area contributed by atoms with Crippen LogP contribution in [0.4, 0.5) is 0 Å². The SMILES string of the molecule is COc1cccc(Cl)c1CNCC(O)COC1CCCC1. The Kier molecular flexibility index (Phi) is 6.77. The van der Waals surface area contributed by atoms with E-state index in [9.17, 15) is 5.11 Å². The molecule has 1 fully saturated rings. The van der Waals surface area contributed by atoms with Crippen molar-refractivity contribution in [2.45, 2.75) is 44.4 Å². The van der Waals surface area contributed by atoms with E-state index in [1.165, 1.54) is 12.8 Å². The fraction of sp³-hybridized carbons (Fsp3) is 0.625. The molecule has 1 saturated carbocycles. The smallest absolute Gasteiger partial charge is 0.124 e. The molecule has 1 aliphatic carbocycles. The number of aliphatic hydroxyl groups is 1. The van der Waals surface area contributed by atoms with Crippen LogP contribution in [-0.2, 0) is 11.3 Å². The molecule has 1 aromatic carbocycles. The van der Waals surface area contributed by atoms with Crippen molar-refractivity contribution in [2.75, 3.05) is 20.3 Å². The average Bonchev–Trinajstić information content (AvgIpc) is 3.00. The van der Waals surface area contributed by atoms with Gasteiger partial charge < -0.3 is 19.9 Å². The van der Waals surface area contributed by atoms with Crippen molar-refractivity contribution in [3.05, 3.63) is 28.8 Å². The van der Waals surface area contributed by atoms with E-state index < -0.39 is 6.10 Å². The maximum Gasteiger partial charge on any atom is 0.124 e. The zero-order chi connectivity index (χ0) is 15.1. The molecule has 2 rings (SSSR count). The maximum atomic E-state index is 9.93. The molecule has 118 valence electrons. The highest BCUT2D eigenvalue weighted by Crippen LogP contribution is 2.25. The van der Waals surface area contributed by atoms with Gasteiger partial charge in [0.1, 0.15) is 5.75 Å². The standard InChI is InChI=1S/C16H24ClNO3/c1-20-16-8-4-7-15(17)14(16)10-18-9-12(19)11-21-13-5-2-3-6-13/h4,7-8,12-13,18-19H,2-3,5-6,9-11H2,1H3. The van der Waals surface area contributed by atoms with Gasteiger partial charge in [-0.15, -0.1) is 0 Å². The summed E-state index contributed by atoms with van der Waals surface area (Å²) in [6.07, 6.45) is 4.56. The molecule has 1 aromatic rings. The molecule has 1 atom stereocenters. The van der Waals surface area contributed by atoms with E-state index >= 15 is 0 Å². The normalized spacial score (nSPS) is 17.1. The first-order chi connectivity index (χ1) is 10.2. The average molecular weight is 314 g/mol. The molecule has 0 saturated heterocycles. The molecule has 0 bridgehead atoms. The number of rotatable bonds is 8. The molecule has 0 spiro atoms. The molecule has 4 nitrogen and oxygen atoms in total. The summed E-state index contributed by atoms with van der Waals surface area (Å²) in [7, 11) is 1.62. The van der Waals surface area contributed by atoms with Gasteiger partial charge in [-0.25, -0.2) is 0 Å². The van der Waals surface area contributed by atoms with Crippen LogP contribution in [0.1, 0.15) is 31.2 Å². The molecule has 0 amide bonds. The van der Waals surface area contributed by atoms with Crippen molar-refractivity contribution >= 4 is 11.6 Å². The van der Waals surface area contributed by atoms with Gasteiger partial charge >= 0.3 is 0 Å². The summed E-state index contributed by atoms with van der Waals surface area (Å²) in [6.45, 7) is 1.42. The lowest BCUT2D eigenvalue weighted by Gasteiger charge is -2.17. The summed E-state index contributed by atoms with van der Waals surface area (Å²) in [5.41, 5.74) is 0.908. The lowest BCUT2D eigenvalue weighted by atomic mass is 10.2. The lowest BCUT2D eigenvalue weighted by molar-refractivity contribution is -0.00550. The van der Waals surface area contributed by atoms with Crippen LogP contribution in [0.3, 0.4) is 0 Å². The van der Waals surface area contributed by atoms with E-state index in [2.05, 4.69) is 5.32 Å². The van der Waals surface area contributed by atoms with E-state index in [-0.39, 0.29) is 0 Å². The number of aliphatic hydroxyl groups excluding tert-OH is 1. The number of hydrogen-bond acceptors (Lipinski definition) is 4. The Morgan fingerprint density at radius 2 is 2.14 bits per heavy atom. The Hall–Kier alpha value is -0.810. The number of nitrogens with one attached hydrogen (secondary N) is 1. The molecule has 1 aliphatic rings. The van der Waals surface area contributed by atoms with Gasteiger partial charge in [0.2, 0.25) is 0 Å². The van der Waals surface area contributed by atoms with Crippen LogP contribution in [0.5, 0.6) is 5.75 Å². The molecular weight excluding hydrogens is 290 g/mol. The Morgan fingerprint density at radius 3 is 2.86 bits per heavy atom. The van der Waals surface area contributed by atoms with E-state index in [4.69, 9.17) is 21.1 Å². The van der Waals surface area contributed by atoms with Gasteiger partial charge in [-0.2, -0.15) is 0 Å². The molecule has 0 radical (unpaired) electrons. The Morgan fingerprint density at radius 1 is 1.38 bits per heavy atom. The van der Waals surface area contributed by atoms with Crippen molar-refractivity contribution in [3.63, 3.8) is 0 Å². The molecule has 0 aromatic heterocycles. The van der Waals surface area contributed by atoms with E-state index in [0.29, 0.717) is 30.8 Å². The predicted octanol–water partition coefficient (Wildman–Crippen LogP) is 2.76. The van der Waals surface area contributed by atoms with Crippen molar-refractivity contribution < 1.29 is 14.6 Å². The number of methoxy groups -OCH3 is 1. The minimum Gasteiger partial charge on any atom is -0.496 e. The highest BCUT2D eigenvalue weighted by Gasteiger charge is 2.17. The second-order valence-electron chi connectivity index (χ2n) is 5.45. The predicted molar refractivity (Wildman–Crippen MR) is 83.9 cm³/mol. The van der Waals surface area contributed by atoms with E-state index in [1.807, 2.05) is 18.2 Å². The first-order valence-corrected chi connectivity index (χ1v) is 7.90. The van der Waals surface area contributed by atoms with Crippen molar-refractivity contribution in [2.24, 2.45) is 0 Å². The summed E-state index contributed by atoms with van der Waals surface area (Å²) < 4.78 is 11.0. The Bertz CT molecular complexity index is 436. The molecule has 0 heterocycles. The minimum absolute atomic E-state index is 0.336. The topological polar surface area (TPSA) is 50.7 Å². The van der Waals surface area contributed by atoms with Gasteiger partial charge in [0.25, 0.3) is 0 Å². The van der Waals surface area contributed by atoms with Crippen molar-refractivity contribution in [1.29, 1.82) is 0 Å². The van der Waals surface area contributed by atoms with Crippen molar-refractivity contribution in [3.8, 4) is 5.75 Å². The monoisotopic (exact) mass is 313 g/mol. The van der Waals surface area contributed by atoms with Crippen LogP contribution in [0.15, 0.2) is 18.2 Å². The molecule has 0 aliphatic heterocycles. The molecule has 5 heteroatoms. The minimum atomic E-state index is -0.501. The summed E-state index contributed by atoms with van der Waals surface area (Å²) in [4.78, 5) is 0. The fourth-order valence-corrected chi connectivity index (χ4v) is 2.86. The second kappa shape index (κ2) is 8.59. The van der Waals surface area contributed by atoms with Crippen LogP contribution in [0.25, 0.3) is 0 Å². The molecule has 21 heavy (non-hydrogen) atoms. The van der Waals surface area contributed by atoms with Gasteiger partial charge in [-0.3, -0.25) is 0 Å². The Balaban J connectivity index is 1.71. The zero-order valence-electron chi connectivity index (χ0n) is 12.5. The quantitative estimate of drug-likeness (QED) is 0.775. The first kappa shape index (κ1) is 16.6. The maximum absolute atomic E-state index is 9.93. The fourth-order valence-electron chi connectivity index (χ4n) is 2.63. The van der Waals surface area contributed by atoms with Crippen LogP contribution in [0, 0.1) is 0 Å². The molecule has 1 unspecified atom stereocenters. The number of hydrogen-bond donors (Lipinski definition) is 2. The zero-order valence-corrected chi connectivity index (χ0v) is 13.2. The third kappa shape index (κ3) is 5.15. The van der Waals surface area contributed by atoms with Crippen LogP contribution < -0.4 is 10.1 Å². The first-order valence-electron chi connectivity index (χ1n) is 7.52. The summed E-state index contributed by atoms with van der Waals surface area (Å²) in [6, 6.07) is 5.57. The van der Waals surface area contributed by atoms with Gasteiger partial charge in [0.05, 0.1) is 25.9 Å². The van der Waals surface area contributed by atoms with E-state index in [1.54, 1.807) is 7.11 Å². The second-order valence-corrected chi connectivity index (χ2v) is 5.85. The number of benzene rings is 1. The molecule has 2 N–H and O–H groups in total. The third-order valence-electron chi connectivity index (χ3n) is 3.80. The number of ether oxygens (including phenoxy) is 2. The largest absolute Gasteiger partial charge is 0.496 e. The van der Waals surface area contributed by atoms with Gasteiger partial charge in [-0.1, -0.05) is 30.5 Å². The van der Waals surface area contributed by atoms with Crippen LogP contribution in [-0.4, -0.2) is 37.6 Å². The third-order valence-corrected chi connectivity index (χ3v) is 4.16. The van der Waals surface area contributed by atoms with Gasteiger partial charge in [0, 0.05) is 23.7 Å². The molecular formula is C16H24ClNO3. The van der Waals surface area contributed by atoms with Crippen molar-refractivity contribution in [1.82, 2.24) is 5.32 Å². The van der Waals surface area contributed by atoms with Crippen LogP contribution >= 0.6 is 11.6 Å².